The van der Waals surface area contributed by atoms with Crippen LogP contribution in [-0.4, -0.2) is 35.1 Å². The van der Waals surface area contributed by atoms with Crippen molar-refractivity contribution in [3.8, 4) is 0 Å². The maximum Gasteiger partial charge on any atom is 0.354 e. The minimum atomic E-state index is -1.04. The lowest BCUT2D eigenvalue weighted by molar-refractivity contribution is -0.118. The molecule has 92 valence electrons. The van der Waals surface area contributed by atoms with Gasteiger partial charge >= 0.3 is 5.97 Å². The molecule has 1 aromatic heterocycles. The first-order valence-corrected chi connectivity index (χ1v) is 5.24. The molecule has 0 aliphatic rings. The molecule has 0 bridgehead atoms. The molecule has 6 nitrogen and oxygen atoms in total. The van der Waals surface area contributed by atoms with Gasteiger partial charge in [0, 0.05) is 26.6 Å². The van der Waals surface area contributed by atoms with E-state index < -0.39 is 5.97 Å². The molecule has 17 heavy (non-hydrogen) atoms. The van der Waals surface area contributed by atoms with Crippen LogP contribution in [0.2, 0.25) is 0 Å². The third-order valence-electron chi connectivity index (χ3n) is 2.01. The number of hydrogen-bond donors (Lipinski definition) is 3. The van der Waals surface area contributed by atoms with Crippen LogP contribution in [-0.2, 0) is 11.3 Å². The summed E-state index contributed by atoms with van der Waals surface area (Å²) in [7, 11) is 0. The molecule has 0 spiro atoms. The van der Waals surface area contributed by atoms with Gasteiger partial charge < -0.3 is 15.7 Å². The summed E-state index contributed by atoms with van der Waals surface area (Å²) in [6.07, 6.45) is 0. The molecule has 3 N–H and O–H groups in total. The Balaban J connectivity index is 2.34. The van der Waals surface area contributed by atoms with Crippen LogP contribution in [0.4, 0.5) is 0 Å². The van der Waals surface area contributed by atoms with E-state index in [1.165, 1.54) is 13.0 Å². The Kier molecular flexibility index (Phi) is 5.09. The molecule has 0 radical (unpaired) electrons. The predicted octanol–water partition coefficient (Wildman–Crippen LogP) is 0.00550. The van der Waals surface area contributed by atoms with E-state index in [4.69, 9.17) is 5.11 Å². The molecule has 0 saturated heterocycles. The van der Waals surface area contributed by atoms with Crippen LogP contribution in [0.5, 0.6) is 0 Å². The van der Waals surface area contributed by atoms with E-state index in [2.05, 4.69) is 15.6 Å². The molecule has 6 heteroatoms. The normalized spacial score (nSPS) is 9.94. The monoisotopic (exact) mass is 237 g/mol. The van der Waals surface area contributed by atoms with E-state index in [1.807, 2.05) is 0 Å². The van der Waals surface area contributed by atoms with E-state index in [0.717, 1.165) is 0 Å². The van der Waals surface area contributed by atoms with Gasteiger partial charge in [0.1, 0.15) is 5.69 Å². The molecule has 1 heterocycles. The number of carbonyl (C=O) groups excluding carboxylic acids is 1. The number of nitrogens with zero attached hydrogens (tertiary/aromatic N) is 1. The van der Waals surface area contributed by atoms with Gasteiger partial charge in [0.05, 0.1) is 5.69 Å². The molecular weight excluding hydrogens is 222 g/mol. The lowest BCUT2D eigenvalue weighted by atomic mass is 10.3. The minimum absolute atomic E-state index is 0.0335. The van der Waals surface area contributed by atoms with Crippen LogP contribution >= 0.6 is 0 Å². The summed E-state index contributed by atoms with van der Waals surface area (Å²) in [5.74, 6) is -1.11. The Bertz CT molecular complexity index is 407. The van der Waals surface area contributed by atoms with Gasteiger partial charge in [-0.15, -0.1) is 0 Å². The summed E-state index contributed by atoms with van der Waals surface area (Å²) in [5, 5.41) is 14.4. The van der Waals surface area contributed by atoms with Crippen molar-refractivity contribution in [1.82, 2.24) is 15.6 Å². The lowest BCUT2D eigenvalue weighted by Gasteiger charge is -2.05. The highest BCUT2D eigenvalue weighted by Gasteiger charge is 2.04. The van der Waals surface area contributed by atoms with Crippen molar-refractivity contribution < 1.29 is 14.7 Å². The molecule has 0 atom stereocenters. The zero-order valence-electron chi connectivity index (χ0n) is 9.56. The van der Waals surface area contributed by atoms with Crippen LogP contribution in [0, 0.1) is 0 Å². The summed E-state index contributed by atoms with van der Waals surface area (Å²) >= 11 is 0. The molecule has 1 aromatic rings. The smallest absolute Gasteiger partial charge is 0.354 e. The Morgan fingerprint density at radius 2 is 2.12 bits per heavy atom. The zero-order valence-corrected chi connectivity index (χ0v) is 9.56. The molecule has 0 fully saturated rings. The van der Waals surface area contributed by atoms with Gasteiger partial charge in [0.15, 0.2) is 0 Å². The Labute approximate surface area is 99.1 Å². The molecule has 0 aliphatic heterocycles. The SMILES string of the molecule is CC(=O)NCCNCc1cccc(C(=O)O)n1. The number of amides is 1. The largest absolute Gasteiger partial charge is 0.477 e. The topological polar surface area (TPSA) is 91.3 Å². The average molecular weight is 237 g/mol. The maximum atomic E-state index is 10.7. The van der Waals surface area contributed by atoms with Gasteiger partial charge in [0.2, 0.25) is 5.91 Å². The van der Waals surface area contributed by atoms with Crippen molar-refractivity contribution >= 4 is 11.9 Å². The van der Waals surface area contributed by atoms with Gasteiger partial charge in [-0.3, -0.25) is 4.79 Å². The summed E-state index contributed by atoms with van der Waals surface area (Å²) in [4.78, 5) is 25.2. The third kappa shape index (κ3) is 5.07. The average Bonchev–Trinajstić information content (AvgIpc) is 2.28. The number of nitrogens with one attached hydrogen (secondary N) is 2. The maximum absolute atomic E-state index is 10.7. The molecule has 0 saturated carbocycles. The fourth-order valence-electron chi connectivity index (χ4n) is 1.24. The zero-order chi connectivity index (χ0) is 12.7. The van der Waals surface area contributed by atoms with Crippen LogP contribution in [0.1, 0.15) is 23.1 Å². The first kappa shape index (κ1) is 13.1. The van der Waals surface area contributed by atoms with Crippen molar-refractivity contribution in [2.24, 2.45) is 0 Å². The van der Waals surface area contributed by atoms with Crippen molar-refractivity contribution in [3.05, 3.63) is 29.6 Å². The fourth-order valence-corrected chi connectivity index (χ4v) is 1.24. The summed E-state index contributed by atoms with van der Waals surface area (Å²) in [6.45, 7) is 3.07. The van der Waals surface area contributed by atoms with E-state index in [-0.39, 0.29) is 11.6 Å². The molecule has 0 unspecified atom stereocenters. The van der Waals surface area contributed by atoms with E-state index >= 15 is 0 Å². The number of carbonyl (C=O) groups is 2. The molecular formula is C11H15N3O3. The van der Waals surface area contributed by atoms with Crippen molar-refractivity contribution in [2.45, 2.75) is 13.5 Å². The summed E-state index contributed by atoms with van der Waals surface area (Å²) < 4.78 is 0. The minimum Gasteiger partial charge on any atom is -0.477 e. The van der Waals surface area contributed by atoms with Crippen molar-refractivity contribution in [1.29, 1.82) is 0 Å². The van der Waals surface area contributed by atoms with Gasteiger partial charge in [0.25, 0.3) is 0 Å². The standard InChI is InChI=1S/C11H15N3O3/c1-8(15)13-6-5-12-7-9-3-2-4-10(14-9)11(16)17/h2-4,12H,5-7H2,1H3,(H,13,15)(H,16,17). The number of carboxylic acid groups (broad SMARTS) is 1. The second-order valence-electron chi connectivity index (χ2n) is 3.48. The first-order chi connectivity index (χ1) is 8.09. The van der Waals surface area contributed by atoms with E-state index in [9.17, 15) is 9.59 Å². The quantitative estimate of drug-likeness (QED) is 0.606. The van der Waals surface area contributed by atoms with Gasteiger partial charge in [-0.2, -0.15) is 0 Å². The van der Waals surface area contributed by atoms with Gasteiger partial charge in [-0.05, 0) is 12.1 Å². The number of pyridine rings is 1. The van der Waals surface area contributed by atoms with E-state index in [1.54, 1.807) is 12.1 Å². The number of carboxylic acids is 1. The van der Waals surface area contributed by atoms with Crippen molar-refractivity contribution in [3.63, 3.8) is 0 Å². The van der Waals surface area contributed by atoms with Crippen LogP contribution in [0.25, 0.3) is 0 Å². The van der Waals surface area contributed by atoms with Gasteiger partial charge in [-0.1, -0.05) is 6.07 Å². The van der Waals surface area contributed by atoms with E-state index in [0.29, 0.717) is 25.3 Å². The molecule has 1 rings (SSSR count). The molecule has 0 aromatic carbocycles. The number of rotatable bonds is 6. The highest BCUT2D eigenvalue weighted by Crippen LogP contribution is 1.98. The van der Waals surface area contributed by atoms with Gasteiger partial charge in [-0.25, -0.2) is 9.78 Å². The second-order valence-corrected chi connectivity index (χ2v) is 3.48. The van der Waals surface area contributed by atoms with Crippen LogP contribution in [0.15, 0.2) is 18.2 Å². The molecule has 0 aliphatic carbocycles. The number of hydrogen-bond acceptors (Lipinski definition) is 4. The lowest BCUT2D eigenvalue weighted by Crippen LogP contribution is -2.30. The number of aromatic carboxylic acids is 1. The Hall–Kier alpha value is -1.95. The van der Waals surface area contributed by atoms with Crippen molar-refractivity contribution in [2.75, 3.05) is 13.1 Å². The fraction of sp³-hybridized carbons (Fsp3) is 0.364. The summed E-state index contributed by atoms with van der Waals surface area (Å²) in [5.41, 5.74) is 0.693. The highest BCUT2D eigenvalue weighted by molar-refractivity contribution is 5.85. The Morgan fingerprint density at radius 3 is 2.76 bits per heavy atom. The predicted molar refractivity (Wildman–Crippen MR) is 61.6 cm³/mol. The first-order valence-electron chi connectivity index (χ1n) is 5.24. The van der Waals surface area contributed by atoms with Crippen LogP contribution < -0.4 is 10.6 Å². The summed E-state index contributed by atoms with van der Waals surface area (Å²) in [6, 6.07) is 4.85. The number of aromatic nitrogens is 1. The molecule has 1 amide bonds. The van der Waals surface area contributed by atoms with Crippen LogP contribution in [0.3, 0.4) is 0 Å². The Morgan fingerprint density at radius 1 is 1.35 bits per heavy atom. The second kappa shape index (κ2) is 6.59. The third-order valence-corrected chi connectivity index (χ3v) is 2.01. The highest BCUT2D eigenvalue weighted by atomic mass is 16.4.